The molecule has 0 aliphatic carbocycles. The summed E-state index contributed by atoms with van der Waals surface area (Å²) in [5.74, 6) is -0.459. The van der Waals surface area contributed by atoms with Gasteiger partial charge in [-0.15, -0.1) is 23.4 Å². The lowest BCUT2D eigenvalue weighted by molar-refractivity contribution is -0.274. The van der Waals surface area contributed by atoms with E-state index in [2.05, 4.69) is 20.3 Å². The van der Waals surface area contributed by atoms with Crippen molar-refractivity contribution in [1.29, 1.82) is 0 Å². The molecule has 0 saturated carbocycles. The fraction of sp³-hybridized carbons (Fsp3) is 0.0870. The number of nitrogens with zero attached hydrogens (tertiary/aromatic N) is 2. The minimum atomic E-state index is -4.87. The summed E-state index contributed by atoms with van der Waals surface area (Å²) in [5, 5.41) is 10.5. The first-order valence-electron chi connectivity index (χ1n) is 9.45. The zero-order valence-corrected chi connectivity index (χ0v) is 16.7. The summed E-state index contributed by atoms with van der Waals surface area (Å²) in [6, 6.07) is 19.2. The quantitative estimate of drug-likeness (QED) is 0.421. The number of ether oxygens (including phenoxy) is 1. The van der Waals surface area contributed by atoms with Gasteiger partial charge in [-0.1, -0.05) is 29.8 Å². The molecule has 4 aromatic rings. The van der Waals surface area contributed by atoms with Crippen LogP contribution in [0.5, 0.6) is 5.75 Å². The molecule has 32 heavy (non-hydrogen) atoms. The number of alkyl halides is 3. The molecule has 1 aromatic heterocycles. The van der Waals surface area contributed by atoms with E-state index in [4.69, 9.17) is 4.42 Å². The molecule has 1 amide bonds. The highest BCUT2D eigenvalue weighted by molar-refractivity contribution is 6.05. The molecule has 0 radical (unpaired) electrons. The van der Waals surface area contributed by atoms with Crippen LogP contribution >= 0.6 is 0 Å². The average molecular weight is 439 g/mol. The normalized spacial score (nSPS) is 11.2. The average Bonchev–Trinajstić information content (AvgIpc) is 3.25. The monoisotopic (exact) mass is 439 g/mol. The highest BCUT2D eigenvalue weighted by atomic mass is 19.4. The Morgan fingerprint density at radius 2 is 1.44 bits per heavy atom. The van der Waals surface area contributed by atoms with Gasteiger partial charge in [-0.05, 0) is 55.5 Å². The molecule has 0 fully saturated rings. The lowest BCUT2D eigenvalue weighted by Gasteiger charge is -2.13. The Morgan fingerprint density at radius 1 is 0.875 bits per heavy atom. The number of aryl methyl sites for hydroxylation is 1. The molecule has 3 aromatic carbocycles. The van der Waals surface area contributed by atoms with Crippen LogP contribution in [0.25, 0.3) is 22.9 Å². The SMILES string of the molecule is Cc1ccc(-c2nnc(-c3ccc(C(=O)Nc4ccccc4OC(F)(F)F)cc3)o2)cc1. The number of carbonyl (C=O) groups excluding carboxylic acids is 1. The van der Waals surface area contributed by atoms with Gasteiger partial charge in [-0.3, -0.25) is 4.79 Å². The molecule has 6 nitrogen and oxygen atoms in total. The number of hydrogen-bond acceptors (Lipinski definition) is 5. The summed E-state index contributed by atoms with van der Waals surface area (Å²) < 4.78 is 47.3. The van der Waals surface area contributed by atoms with Gasteiger partial charge < -0.3 is 14.5 Å². The van der Waals surface area contributed by atoms with Crippen LogP contribution in [-0.2, 0) is 0 Å². The summed E-state index contributed by atoms with van der Waals surface area (Å²) >= 11 is 0. The van der Waals surface area contributed by atoms with Gasteiger partial charge in [0.2, 0.25) is 11.8 Å². The van der Waals surface area contributed by atoms with Gasteiger partial charge in [0.15, 0.2) is 5.75 Å². The van der Waals surface area contributed by atoms with Crippen LogP contribution in [0.1, 0.15) is 15.9 Å². The number of amides is 1. The summed E-state index contributed by atoms with van der Waals surface area (Å²) in [4.78, 5) is 12.5. The number of anilines is 1. The van der Waals surface area contributed by atoms with Gasteiger partial charge in [0.1, 0.15) is 0 Å². The van der Waals surface area contributed by atoms with Crippen molar-refractivity contribution in [3.8, 4) is 28.7 Å². The number of hydrogen-bond donors (Lipinski definition) is 1. The fourth-order valence-corrected chi connectivity index (χ4v) is 2.89. The van der Waals surface area contributed by atoms with E-state index in [1.807, 2.05) is 31.2 Å². The smallest absolute Gasteiger partial charge is 0.416 e. The van der Waals surface area contributed by atoms with Crippen molar-refractivity contribution in [2.75, 3.05) is 5.32 Å². The maximum absolute atomic E-state index is 12.6. The van der Waals surface area contributed by atoms with E-state index < -0.39 is 18.0 Å². The number of halogens is 3. The number of aromatic nitrogens is 2. The molecule has 0 spiro atoms. The molecule has 1 N–H and O–H groups in total. The Kier molecular flexibility index (Phi) is 5.63. The zero-order chi connectivity index (χ0) is 22.7. The molecule has 9 heteroatoms. The molecule has 0 aliphatic rings. The van der Waals surface area contributed by atoms with E-state index >= 15 is 0 Å². The number of para-hydroxylation sites is 2. The highest BCUT2D eigenvalue weighted by Crippen LogP contribution is 2.30. The molecule has 0 saturated heterocycles. The number of carbonyl (C=O) groups is 1. The van der Waals surface area contributed by atoms with Crippen molar-refractivity contribution < 1.29 is 27.1 Å². The maximum atomic E-state index is 12.6. The van der Waals surface area contributed by atoms with E-state index in [1.165, 1.54) is 30.3 Å². The molecule has 4 rings (SSSR count). The van der Waals surface area contributed by atoms with E-state index in [1.54, 1.807) is 12.1 Å². The predicted molar refractivity (Wildman–Crippen MR) is 111 cm³/mol. The van der Waals surface area contributed by atoms with Gasteiger partial charge >= 0.3 is 6.36 Å². The highest BCUT2D eigenvalue weighted by Gasteiger charge is 2.32. The molecule has 1 heterocycles. The Morgan fingerprint density at radius 3 is 2.03 bits per heavy atom. The van der Waals surface area contributed by atoms with Crippen molar-refractivity contribution in [1.82, 2.24) is 10.2 Å². The molecular weight excluding hydrogens is 423 g/mol. The van der Waals surface area contributed by atoms with E-state index in [0.717, 1.165) is 17.2 Å². The summed E-state index contributed by atoms with van der Waals surface area (Å²) in [6.07, 6.45) is -4.87. The van der Waals surface area contributed by atoms with Crippen LogP contribution in [0, 0.1) is 6.92 Å². The molecular formula is C23H16F3N3O3. The lowest BCUT2D eigenvalue weighted by Crippen LogP contribution is -2.19. The largest absolute Gasteiger partial charge is 0.573 e. The first-order valence-corrected chi connectivity index (χ1v) is 9.45. The van der Waals surface area contributed by atoms with Crippen molar-refractivity contribution in [2.45, 2.75) is 13.3 Å². The minimum Gasteiger partial charge on any atom is -0.416 e. The van der Waals surface area contributed by atoms with Crippen LogP contribution in [0.15, 0.2) is 77.2 Å². The molecule has 0 unspecified atom stereocenters. The predicted octanol–water partition coefficient (Wildman–Crippen LogP) is 5.86. The van der Waals surface area contributed by atoms with Crippen LogP contribution < -0.4 is 10.1 Å². The number of benzene rings is 3. The molecule has 0 aliphatic heterocycles. The van der Waals surface area contributed by atoms with Gasteiger partial charge in [-0.2, -0.15) is 0 Å². The summed E-state index contributed by atoms with van der Waals surface area (Å²) in [5.41, 5.74) is 2.61. The Balaban J connectivity index is 1.49. The second-order valence-corrected chi connectivity index (χ2v) is 6.85. The Hall–Kier alpha value is -4.14. The van der Waals surface area contributed by atoms with Gasteiger partial charge in [-0.25, -0.2) is 0 Å². The molecule has 162 valence electrons. The van der Waals surface area contributed by atoms with Crippen molar-refractivity contribution in [3.63, 3.8) is 0 Å². The van der Waals surface area contributed by atoms with Gasteiger partial charge in [0.05, 0.1) is 5.69 Å². The van der Waals surface area contributed by atoms with Crippen molar-refractivity contribution in [3.05, 3.63) is 83.9 Å². The molecule has 0 atom stereocenters. The Labute approximate surface area is 180 Å². The minimum absolute atomic E-state index is 0.0986. The first kappa shape index (κ1) is 21.1. The van der Waals surface area contributed by atoms with E-state index in [0.29, 0.717) is 11.5 Å². The van der Waals surface area contributed by atoms with Crippen LogP contribution in [0.2, 0.25) is 0 Å². The third-order valence-electron chi connectivity index (χ3n) is 4.48. The number of nitrogens with one attached hydrogen (secondary N) is 1. The summed E-state index contributed by atoms with van der Waals surface area (Å²) in [6.45, 7) is 1.97. The third kappa shape index (κ3) is 4.94. The van der Waals surface area contributed by atoms with Gasteiger partial charge in [0, 0.05) is 16.7 Å². The van der Waals surface area contributed by atoms with Crippen molar-refractivity contribution >= 4 is 11.6 Å². The van der Waals surface area contributed by atoms with Crippen LogP contribution in [-0.4, -0.2) is 22.5 Å². The summed E-state index contributed by atoms with van der Waals surface area (Å²) in [7, 11) is 0. The third-order valence-corrected chi connectivity index (χ3v) is 4.48. The maximum Gasteiger partial charge on any atom is 0.573 e. The van der Waals surface area contributed by atoms with E-state index in [9.17, 15) is 18.0 Å². The zero-order valence-electron chi connectivity index (χ0n) is 16.7. The van der Waals surface area contributed by atoms with Crippen LogP contribution in [0.4, 0.5) is 18.9 Å². The first-order chi connectivity index (χ1) is 15.3. The fourth-order valence-electron chi connectivity index (χ4n) is 2.89. The standard InChI is InChI=1S/C23H16F3N3O3/c1-14-6-8-16(9-7-14)21-28-29-22(31-21)17-12-10-15(11-13-17)20(30)27-18-4-2-3-5-19(18)32-23(24,25)26/h2-13H,1H3,(H,27,30). The second kappa shape index (κ2) is 8.54. The Bertz CT molecular complexity index is 1230. The number of rotatable bonds is 5. The second-order valence-electron chi connectivity index (χ2n) is 6.85. The van der Waals surface area contributed by atoms with E-state index in [-0.39, 0.29) is 17.1 Å². The topological polar surface area (TPSA) is 77.2 Å². The molecule has 0 bridgehead atoms. The van der Waals surface area contributed by atoms with Crippen LogP contribution in [0.3, 0.4) is 0 Å². The van der Waals surface area contributed by atoms with Gasteiger partial charge in [0.25, 0.3) is 5.91 Å². The van der Waals surface area contributed by atoms with Crippen molar-refractivity contribution in [2.24, 2.45) is 0 Å². The lowest BCUT2D eigenvalue weighted by atomic mass is 10.1.